The van der Waals surface area contributed by atoms with Gasteiger partial charge in [0, 0.05) is 44.7 Å². The van der Waals surface area contributed by atoms with Gasteiger partial charge in [0.1, 0.15) is 6.10 Å². The van der Waals surface area contributed by atoms with Crippen molar-refractivity contribution in [1.29, 1.82) is 0 Å². The minimum absolute atomic E-state index is 0. The fourth-order valence-electron chi connectivity index (χ4n) is 4.75. The SMILES string of the molecule is Cl.Cl.O=C(N1CCC(Oc2ccccn2)CC1)[C@@]12CCCC[C@H]1CNC2. The first-order valence-corrected chi connectivity index (χ1v) is 9.36. The number of hydrogen-bond acceptors (Lipinski definition) is 4. The zero-order valence-electron chi connectivity index (χ0n) is 15.1. The number of piperidine rings is 1. The van der Waals surface area contributed by atoms with Crippen molar-refractivity contribution < 1.29 is 9.53 Å². The standard InChI is InChI=1S/C19H27N3O2.2ClH/c23-18(19-9-3-1-5-15(19)13-20-14-19)22-11-7-16(8-12-22)24-17-6-2-4-10-21-17;;/h2,4,6,10,15-16,20H,1,3,5,7-9,11-14H2;2*1H/t15-,19+;;/m0../s1. The van der Waals surface area contributed by atoms with Gasteiger partial charge in [0.2, 0.25) is 11.8 Å². The first-order valence-electron chi connectivity index (χ1n) is 9.36. The van der Waals surface area contributed by atoms with Crippen LogP contribution in [0.25, 0.3) is 0 Å². The van der Waals surface area contributed by atoms with Crippen LogP contribution in [0, 0.1) is 11.3 Å². The van der Waals surface area contributed by atoms with Gasteiger partial charge in [0.05, 0.1) is 5.41 Å². The molecule has 0 unspecified atom stereocenters. The molecule has 3 heterocycles. The van der Waals surface area contributed by atoms with Crippen molar-refractivity contribution in [2.45, 2.75) is 44.6 Å². The van der Waals surface area contributed by atoms with E-state index in [1.165, 1.54) is 19.3 Å². The third-order valence-corrected chi connectivity index (χ3v) is 6.12. The van der Waals surface area contributed by atoms with E-state index in [0.29, 0.717) is 17.7 Å². The van der Waals surface area contributed by atoms with Crippen molar-refractivity contribution >= 4 is 30.7 Å². The van der Waals surface area contributed by atoms with E-state index in [1.54, 1.807) is 6.20 Å². The zero-order valence-corrected chi connectivity index (χ0v) is 16.7. The Hall–Kier alpha value is -1.04. The number of carbonyl (C=O) groups is 1. The number of nitrogens with one attached hydrogen (secondary N) is 1. The number of amides is 1. The summed E-state index contributed by atoms with van der Waals surface area (Å²) in [5, 5.41) is 3.49. The summed E-state index contributed by atoms with van der Waals surface area (Å²) in [5.41, 5.74) is -0.118. The van der Waals surface area contributed by atoms with Crippen molar-refractivity contribution in [3.63, 3.8) is 0 Å². The molecule has 2 atom stereocenters. The Morgan fingerprint density at radius 1 is 1.19 bits per heavy atom. The van der Waals surface area contributed by atoms with Crippen LogP contribution in [0.5, 0.6) is 5.88 Å². The lowest BCUT2D eigenvalue weighted by molar-refractivity contribution is -0.147. The Morgan fingerprint density at radius 3 is 2.73 bits per heavy atom. The monoisotopic (exact) mass is 401 g/mol. The molecule has 1 aromatic rings. The molecule has 3 aliphatic rings. The fourth-order valence-corrected chi connectivity index (χ4v) is 4.75. The normalized spacial score (nSPS) is 28.5. The molecule has 5 nitrogen and oxygen atoms in total. The van der Waals surface area contributed by atoms with Crippen LogP contribution in [0.1, 0.15) is 38.5 Å². The van der Waals surface area contributed by atoms with Gasteiger partial charge in [-0.05, 0) is 31.4 Å². The summed E-state index contributed by atoms with van der Waals surface area (Å²) in [5.74, 6) is 1.63. The number of aromatic nitrogens is 1. The van der Waals surface area contributed by atoms with Gasteiger partial charge in [0.25, 0.3) is 0 Å². The molecule has 1 aliphatic carbocycles. The molecule has 1 amide bonds. The molecule has 2 saturated heterocycles. The van der Waals surface area contributed by atoms with Gasteiger partial charge >= 0.3 is 0 Å². The minimum atomic E-state index is -0.118. The molecule has 146 valence electrons. The van der Waals surface area contributed by atoms with Gasteiger partial charge in [-0.2, -0.15) is 0 Å². The van der Waals surface area contributed by atoms with E-state index in [9.17, 15) is 4.79 Å². The Labute approximate surface area is 168 Å². The van der Waals surface area contributed by atoms with Crippen molar-refractivity contribution in [2.24, 2.45) is 11.3 Å². The van der Waals surface area contributed by atoms with Crippen molar-refractivity contribution in [3.8, 4) is 5.88 Å². The van der Waals surface area contributed by atoms with Crippen LogP contribution in [0.15, 0.2) is 24.4 Å². The third-order valence-electron chi connectivity index (χ3n) is 6.12. The van der Waals surface area contributed by atoms with E-state index in [1.807, 2.05) is 18.2 Å². The maximum atomic E-state index is 13.3. The highest BCUT2D eigenvalue weighted by atomic mass is 35.5. The number of halogens is 2. The molecule has 2 aliphatic heterocycles. The predicted octanol–water partition coefficient (Wildman–Crippen LogP) is 3.07. The second-order valence-corrected chi connectivity index (χ2v) is 7.51. The molecular formula is C19H29Cl2N3O2. The summed E-state index contributed by atoms with van der Waals surface area (Å²) in [4.78, 5) is 19.6. The first-order chi connectivity index (χ1) is 11.8. The Kier molecular flexibility index (Phi) is 7.56. The lowest BCUT2D eigenvalue weighted by atomic mass is 9.67. The van der Waals surface area contributed by atoms with Crippen LogP contribution < -0.4 is 10.1 Å². The number of pyridine rings is 1. The molecule has 1 aromatic heterocycles. The second-order valence-electron chi connectivity index (χ2n) is 7.51. The average molecular weight is 402 g/mol. The third kappa shape index (κ3) is 4.10. The van der Waals surface area contributed by atoms with Crippen LogP contribution in [-0.2, 0) is 4.79 Å². The van der Waals surface area contributed by atoms with E-state index in [-0.39, 0.29) is 36.3 Å². The summed E-state index contributed by atoms with van der Waals surface area (Å²) in [6.45, 7) is 3.52. The molecule has 1 saturated carbocycles. The Morgan fingerprint density at radius 2 is 2.00 bits per heavy atom. The van der Waals surface area contributed by atoms with E-state index >= 15 is 0 Å². The van der Waals surface area contributed by atoms with Crippen LogP contribution in [0.3, 0.4) is 0 Å². The molecule has 3 fully saturated rings. The van der Waals surface area contributed by atoms with E-state index in [2.05, 4.69) is 15.2 Å². The number of likely N-dealkylation sites (tertiary alicyclic amines) is 1. The molecule has 7 heteroatoms. The largest absolute Gasteiger partial charge is 0.474 e. The quantitative estimate of drug-likeness (QED) is 0.845. The molecule has 0 aromatic carbocycles. The minimum Gasteiger partial charge on any atom is -0.474 e. The lowest BCUT2D eigenvalue weighted by Gasteiger charge is -2.42. The summed E-state index contributed by atoms with van der Waals surface area (Å²) < 4.78 is 5.95. The molecule has 26 heavy (non-hydrogen) atoms. The van der Waals surface area contributed by atoms with Gasteiger partial charge in [-0.15, -0.1) is 24.8 Å². The maximum absolute atomic E-state index is 13.3. The second kappa shape index (κ2) is 9.25. The van der Waals surface area contributed by atoms with Gasteiger partial charge < -0.3 is 15.0 Å². The molecule has 0 spiro atoms. The van der Waals surface area contributed by atoms with Crippen LogP contribution in [0.4, 0.5) is 0 Å². The topological polar surface area (TPSA) is 54.5 Å². The molecule has 1 N–H and O–H groups in total. The smallest absolute Gasteiger partial charge is 0.230 e. The summed E-state index contributed by atoms with van der Waals surface area (Å²) in [7, 11) is 0. The number of hydrogen-bond donors (Lipinski definition) is 1. The highest BCUT2D eigenvalue weighted by Crippen LogP contribution is 2.45. The summed E-state index contributed by atoms with van der Waals surface area (Å²) >= 11 is 0. The van der Waals surface area contributed by atoms with Crippen molar-refractivity contribution in [3.05, 3.63) is 24.4 Å². The number of fused-ring (bicyclic) bond motifs is 1. The highest BCUT2D eigenvalue weighted by Gasteiger charge is 2.51. The number of nitrogens with zero attached hydrogens (tertiary/aromatic N) is 2. The van der Waals surface area contributed by atoms with Gasteiger partial charge in [0.15, 0.2) is 0 Å². The fraction of sp³-hybridized carbons (Fsp3) is 0.684. The van der Waals surface area contributed by atoms with Gasteiger partial charge in [-0.3, -0.25) is 4.79 Å². The van der Waals surface area contributed by atoms with Crippen LogP contribution in [-0.4, -0.2) is 48.1 Å². The number of carbonyl (C=O) groups excluding carboxylic acids is 1. The Balaban J connectivity index is 0.00000121. The summed E-state index contributed by atoms with van der Waals surface area (Å²) in [6.07, 6.45) is 8.47. The highest BCUT2D eigenvalue weighted by molar-refractivity contribution is 5.85. The average Bonchev–Trinajstić information content (AvgIpc) is 3.08. The Bertz CT molecular complexity index is 581. The predicted molar refractivity (Wildman–Crippen MR) is 106 cm³/mol. The van der Waals surface area contributed by atoms with E-state index < -0.39 is 0 Å². The van der Waals surface area contributed by atoms with E-state index in [0.717, 1.165) is 45.4 Å². The maximum Gasteiger partial charge on any atom is 0.230 e. The molecule has 4 rings (SSSR count). The van der Waals surface area contributed by atoms with Crippen molar-refractivity contribution in [1.82, 2.24) is 15.2 Å². The molecule has 0 bridgehead atoms. The van der Waals surface area contributed by atoms with Crippen molar-refractivity contribution in [2.75, 3.05) is 26.2 Å². The van der Waals surface area contributed by atoms with Crippen LogP contribution >= 0.6 is 24.8 Å². The lowest BCUT2D eigenvalue weighted by Crippen LogP contribution is -2.52. The molecular weight excluding hydrogens is 373 g/mol. The van der Waals surface area contributed by atoms with Crippen LogP contribution in [0.2, 0.25) is 0 Å². The number of rotatable bonds is 3. The van der Waals surface area contributed by atoms with Gasteiger partial charge in [-0.1, -0.05) is 18.9 Å². The van der Waals surface area contributed by atoms with Gasteiger partial charge in [-0.25, -0.2) is 4.98 Å². The summed E-state index contributed by atoms with van der Waals surface area (Å²) in [6, 6.07) is 5.73. The molecule has 0 radical (unpaired) electrons. The van der Waals surface area contributed by atoms with E-state index in [4.69, 9.17) is 4.74 Å². The zero-order chi connectivity index (χ0) is 16.4. The first kappa shape index (κ1) is 21.3. The number of ether oxygens (including phenoxy) is 1.